The Bertz CT molecular complexity index is 1070. The highest BCUT2D eigenvalue weighted by molar-refractivity contribution is 5.97. The summed E-state index contributed by atoms with van der Waals surface area (Å²) in [5.41, 5.74) is 3.00. The van der Waals surface area contributed by atoms with Gasteiger partial charge in [-0.05, 0) is 18.2 Å². The van der Waals surface area contributed by atoms with Crippen molar-refractivity contribution in [2.75, 3.05) is 60.7 Å². The average Bonchev–Trinajstić information content (AvgIpc) is 3.27. The van der Waals surface area contributed by atoms with Gasteiger partial charge in [-0.3, -0.25) is 9.36 Å². The molecule has 9 heteroatoms. The smallest absolute Gasteiger partial charge is 0.251 e. The van der Waals surface area contributed by atoms with Crippen LogP contribution in [-0.2, 0) is 4.74 Å². The number of ether oxygens (including phenoxy) is 4. The third-order valence-electron chi connectivity index (χ3n) is 5.70. The normalized spacial score (nSPS) is 14.3. The summed E-state index contributed by atoms with van der Waals surface area (Å²) in [5, 5.41) is 3.01. The highest BCUT2D eigenvalue weighted by atomic mass is 16.5. The van der Waals surface area contributed by atoms with Gasteiger partial charge in [-0.1, -0.05) is 0 Å². The van der Waals surface area contributed by atoms with E-state index in [2.05, 4.69) is 10.3 Å². The van der Waals surface area contributed by atoms with Gasteiger partial charge in [0.25, 0.3) is 5.91 Å². The molecule has 2 N–H and O–H groups in total. The van der Waals surface area contributed by atoms with Crippen LogP contribution in [0.1, 0.15) is 10.4 Å². The fraction of sp³-hybridized carbons (Fsp3) is 0.391. The van der Waals surface area contributed by atoms with Crippen LogP contribution in [0.25, 0.3) is 16.7 Å². The molecule has 2 aromatic carbocycles. The predicted octanol–water partition coefficient (Wildman–Crippen LogP) is 0.696. The van der Waals surface area contributed by atoms with Gasteiger partial charge < -0.3 is 29.2 Å². The van der Waals surface area contributed by atoms with Crippen LogP contribution in [-0.4, -0.2) is 76.2 Å². The third-order valence-corrected chi connectivity index (χ3v) is 5.70. The monoisotopic (exact) mass is 441 g/mol. The van der Waals surface area contributed by atoms with Gasteiger partial charge in [-0.25, -0.2) is 4.98 Å². The summed E-state index contributed by atoms with van der Waals surface area (Å²) in [6.45, 7) is 5.07. The van der Waals surface area contributed by atoms with E-state index in [1.54, 1.807) is 33.7 Å². The van der Waals surface area contributed by atoms with E-state index in [1.807, 2.05) is 28.8 Å². The van der Waals surface area contributed by atoms with E-state index in [0.717, 1.165) is 49.6 Å². The standard InChI is InChI=1S/C23H28N4O5/c1-29-20-13-17(14-21(30-2)22(20)31-3)27-15-25-18-12-16(4-5-19(18)27)23(28)24-6-7-26-8-10-32-11-9-26/h4-5,12-15H,6-11H2,1-3H3,(H,24,28)/p+1. The van der Waals surface area contributed by atoms with Crippen molar-refractivity contribution in [3.63, 3.8) is 0 Å². The molecule has 9 nitrogen and oxygen atoms in total. The fourth-order valence-electron chi connectivity index (χ4n) is 3.93. The minimum Gasteiger partial charge on any atom is -0.493 e. The largest absolute Gasteiger partial charge is 0.493 e. The maximum Gasteiger partial charge on any atom is 0.251 e. The fourth-order valence-corrected chi connectivity index (χ4v) is 3.93. The highest BCUT2D eigenvalue weighted by Gasteiger charge is 2.17. The van der Waals surface area contributed by atoms with E-state index in [4.69, 9.17) is 18.9 Å². The number of rotatable bonds is 8. The lowest BCUT2D eigenvalue weighted by molar-refractivity contribution is -0.906. The molecule has 0 bridgehead atoms. The average molecular weight is 442 g/mol. The molecular weight excluding hydrogens is 412 g/mol. The molecule has 32 heavy (non-hydrogen) atoms. The quantitative estimate of drug-likeness (QED) is 0.535. The molecule has 2 heterocycles. The molecule has 1 aliphatic heterocycles. The molecule has 170 valence electrons. The number of fused-ring (bicyclic) bond motifs is 1. The van der Waals surface area contributed by atoms with Crippen LogP contribution in [0.2, 0.25) is 0 Å². The van der Waals surface area contributed by atoms with Gasteiger partial charge in [-0.15, -0.1) is 0 Å². The number of hydrogen-bond donors (Lipinski definition) is 2. The zero-order valence-electron chi connectivity index (χ0n) is 18.6. The SMILES string of the molecule is COc1cc(-n2cnc3cc(C(=O)NCC[NH+]4CCOCC4)ccc32)cc(OC)c1OC. The minimum absolute atomic E-state index is 0.0955. The Balaban J connectivity index is 1.52. The lowest BCUT2D eigenvalue weighted by Crippen LogP contribution is -3.14. The highest BCUT2D eigenvalue weighted by Crippen LogP contribution is 2.39. The number of hydrogen-bond acceptors (Lipinski definition) is 6. The zero-order valence-corrected chi connectivity index (χ0v) is 18.6. The summed E-state index contributed by atoms with van der Waals surface area (Å²) in [6.07, 6.45) is 1.72. The number of aromatic nitrogens is 2. The summed E-state index contributed by atoms with van der Waals surface area (Å²) in [7, 11) is 4.73. The molecule has 1 fully saturated rings. The van der Waals surface area contributed by atoms with Crippen molar-refractivity contribution in [1.29, 1.82) is 0 Å². The molecule has 1 aliphatic rings. The summed E-state index contributed by atoms with van der Waals surface area (Å²) in [5.74, 6) is 1.55. The maximum atomic E-state index is 12.6. The lowest BCUT2D eigenvalue weighted by Gasteiger charge is -2.23. The molecule has 0 unspecified atom stereocenters. The van der Waals surface area contributed by atoms with Crippen LogP contribution >= 0.6 is 0 Å². The molecule has 0 radical (unpaired) electrons. The molecule has 0 saturated carbocycles. The van der Waals surface area contributed by atoms with Crippen LogP contribution in [0, 0.1) is 0 Å². The lowest BCUT2D eigenvalue weighted by atomic mass is 10.1. The van der Waals surface area contributed by atoms with Crippen LogP contribution in [0.4, 0.5) is 0 Å². The number of carbonyl (C=O) groups is 1. The summed E-state index contributed by atoms with van der Waals surface area (Å²) >= 11 is 0. The molecular formula is C23H29N4O5+. The Kier molecular flexibility index (Phi) is 6.77. The molecule has 1 aromatic heterocycles. The van der Waals surface area contributed by atoms with Crippen molar-refractivity contribution in [2.24, 2.45) is 0 Å². The first-order valence-corrected chi connectivity index (χ1v) is 10.6. The van der Waals surface area contributed by atoms with E-state index in [0.29, 0.717) is 29.4 Å². The van der Waals surface area contributed by atoms with Gasteiger partial charge in [0.15, 0.2) is 11.5 Å². The first kappa shape index (κ1) is 21.9. The molecule has 0 spiro atoms. The Morgan fingerprint density at radius 1 is 1.09 bits per heavy atom. The van der Waals surface area contributed by atoms with Gasteiger partial charge in [0, 0.05) is 17.7 Å². The second-order valence-electron chi connectivity index (χ2n) is 7.57. The van der Waals surface area contributed by atoms with E-state index in [9.17, 15) is 4.79 Å². The maximum absolute atomic E-state index is 12.6. The minimum atomic E-state index is -0.0955. The number of benzene rings is 2. The number of imidazole rings is 1. The topological polar surface area (TPSA) is 88.3 Å². The number of quaternary nitrogens is 1. The van der Waals surface area contributed by atoms with Gasteiger partial charge >= 0.3 is 0 Å². The van der Waals surface area contributed by atoms with Crippen LogP contribution in [0.5, 0.6) is 17.2 Å². The van der Waals surface area contributed by atoms with E-state index in [-0.39, 0.29) is 5.91 Å². The summed E-state index contributed by atoms with van der Waals surface area (Å²) in [4.78, 5) is 18.6. The predicted molar refractivity (Wildman–Crippen MR) is 119 cm³/mol. The first-order valence-electron chi connectivity index (χ1n) is 10.6. The Labute approximate surface area is 186 Å². The molecule has 3 aromatic rings. The Morgan fingerprint density at radius 3 is 2.47 bits per heavy atom. The zero-order chi connectivity index (χ0) is 22.5. The Hall–Kier alpha value is -3.30. The van der Waals surface area contributed by atoms with Crippen molar-refractivity contribution >= 4 is 16.9 Å². The van der Waals surface area contributed by atoms with Gasteiger partial charge in [0.05, 0.1) is 64.4 Å². The van der Waals surface area contributed by atoms with Crippen molar-refractivity contribution in [1.82, 2.24) is 14.9 Å². The van der Waals surface area contributed by atoms with Crippen LogP contribution < -0.4 is 24.4 Å². The second-order valence-corrected chi connectivity index (χ2v) is 7.57. The number of methoxy groups -OCH3 is 3. The number of nitrogens with one attached hydrogen (secondary N) is 2. The van der Waals surface area contributed by atoms with Crippen LogP contribution in [0.3, 0.4) is 0 Å². The second kappa shape index (κ2) is 9.88. The van der Waals surface area contributed by atoms with Crippen LogP contribution in [0.15, 0.2) is 36.7 Å². The number of nitrogens with zero attached hydrogens (tertiary/aromatic N) is 2. The molecule has 4 rings (SSSR count). The molecule has 0 aliphatic carbocycles. The molecule has 1 saturated heterocycles. The molecule has 0 atom stereocenters. The van der Waals surface area contributed by atoms with Crippen molar-refractivity contribution in [3.8, 4) is 22.9 Å². The van der Waals surface area contributed by atoms with Crippen molar-refractivity contribution in [3.05, 3.63) is 42.2 Å². The van der Waals surface area contributed by atoms with Gasteiger partial charge in [-0.2, -0.15) is 0 Å². The number of morpholine rings is 1. The third kappa shape index (κ3) is 4.49. The number of amides is 1. The summed E-state index contributed by atoms with van der Waals surface area (Å²) < 4.78 is 23.6. The van der Waals surface area contributed by atoms with E-state index >= 15 is 0 Å². The van der Waals surface area contributed by atoms with E-state index in [1.165, 1.54) is 4.90 Å². The first-order chi connectivity index (χ1) is 15.6. The number of carbonyl (C=O) groups excluding carboxylic acids is 1. The van der Waals surface area contributed by atoms with Gasteiger partial charge in [0.1, 0.15) is 19.4 Å². The van der Waals surface area contributed by atoms with Gasteiger partial charge in [0.2, 0.25) is 5.75 Å². The van der Waals surface area contributed by atoms with E-state index < -0.39 is 0 Å². The van der Waals surface area contributed by atoms with Crippen molar-refractivity contribution < 1.29 is 28.6 Å². The Morgan fingerprint density at radius 2 is 1.81 bits per heavy atom. The molecule has 1 amide bonds. The van der Waals surface area contributed by atoms with Crippen molar-refractivity contribution in [2.45, 2.75) is 0 Å². The summed E-state index contributed by atoms with van der Waals surface area (Å²) in [6, 6.07) is 9.23.